The maximum absolute atomic E-state index is 12.5. The molecule has 2 nitrogen and oxygen atoms in total. The quantitative estimate of drug-likeness (QED) is 0.803. The monoisotopic (exact) mass is 198 g/mol. The van der Waals surface area contributed by atoms with E-state index in [2.05, 4.69) is 0 Å². The summed E-state index contributed by atoms with van der Waals surface area (Å²) in [5.74, 6) is 0.340. The molecular weight excluding hydrogens is 183 g/mol. The van der Waals surface area contributed by atoms with E-state index < -0.39 is 0 Å². The molecule has 0 spiro atoms. The molecule has 0 aliphatic rings. The van der Waals surface area contributed by atoms with Gasteiger partial charge in [-0.2, -0.15) is 0 Å². The Hall–Kier alpha value is -1.09. The van der Waals surface area contributed by atoms with Crippen molar-refractivity contribution in [2.45, 2.75) is 13.8 Å². The predicted octanol–water partition coefficient (Wildman–Crippen LogP) is 2.22. The van der Waals surface area contributed by atoms with Crippen LogP contribution in [-0.2, 0) is 0 Å². The van der Waals surface area contributed by atoms with Crippen LogP contribution in [-0.4, -0.2) is 18.3 Å². The van der Waals surface area contributed by atoms with Gasteiger partial charge in [0.05, 0.1) is 13.2 Å². The van der Waals surface area contributed by atoms with Crippen LogP contribution in [0.25, 0.3) is 0 Å². The zero-order chi connectivity index (χ0) is 10.6. The van der Waals surface area contributed by atoms with Gasteiger partial charge in [-0.3, -0.25) is 0 Å². The number of hydrogen-bond donors (Lipinski definition) is 1. The maximum Gasteiger partial charge on any atom is 0.123 e. The van der Waals surface area contributed by atoms with Gasteiger partial charge in [0.1, 0.15) is 11.6 Å². The van der Waals surface area contributed by atoms with E-state index in [1.54, 1.807) is 12.1 Å². The van der Waals surface area contributed by atoms with E-state index in [9.17, 15) is 4.39 Å². The van der Waals surface area contributed by atoms with Crippen LogP contribution in [0.4, 0.5) is 4.39 Å². The summed E-state index contributed by atoms with van der Waals surface area (Å²) >= 11 is 0. The van der Waals surface area contributed by atoms with Crippen molar-refractivity contribution in [1.82, 2.24) is 0 Å². The lowest BCUT2D eigenvalue weighted by Crippen LogP contribution is -2.25. The van der Waals surface area contributed by atoms with Crippen molar-refractivity contribution in [1.29, 1.82) is 0 Å². The van der Waals surface area contributed by atoms with Gasteiger partial charge in [-0.15, -0.1) is 0 Å². The molecule has 1 rings (SSSR count). The van der Waals surface area contributed by atoms with E-state index in [0.29, 0.717) is 12.4 Å². The second-order valence-corrected chi connectivity index (χ2v) is 4.06. The first-order valence-corrected chi connectivity index (χ1v) is 4.53. The van der Waals surface area contributed by atoms with Gasteiger partial charge in [0, 0.05) is 5.41 Å². The first-order valence-electron chi connectivity index (χ1n) is 4.53. The van der Waals surface area contributed by atoms with Crippen molar-refractivity contribution in [2.75, 3.05) is 13.2 Å². The average Bonchev–Trinajstić information content (AvgIpc) is 2.17. The minimum absolute atomic E-state index is 0.0637. The fourth-order valence-electron chi connectivity index (χ4n) is 0.855. The van der Waals surface area contributed by atoms with Crippen molar-refractivity contribution in [2.24, 2.45) is 5.41 Å². The second kappa shape index (κ2) is 4.42. The van der Waals surface area contributed by atoms with E-state index in [1.807, 2.05) is 13.8 Å². The molecule has 3 heteroatoms. The smallest absolute Gasteiger partial charge is 0.123 e. The molecule has 0 aliphatic carbocycles. The number of hydrogen-bond acceptors (Lipinski definition) is 2. The van der Waals surface area contributed by atoms with E-state index in [4.69, 9.17) is 9.84 Å². The maximum atomic E-state index is 12.5. The van der Waals surface area contributed by atoms with Crippen LogP contribution in [0.15, 0.2) is 24.3 Å². The number of rotatable bonds is 4. The Kier molecular flexibility index (Phi) is 3.47. The van der Waals surface area contributed by atoms with Crippen molar-refractivity contribution in [3.05, 3.63) is 30.1 Å². The Balaban J connectivity index is 2.50. The van der Waals surface area contributed by atoms with Crippen LogP contribution in [0.2, 0.25) is 0 Å². The van der Waals surface area contributed by atoms with Crippen LogP contribution in [0, 0.1) is 11.2 Å². The van der Waals surface area contributed by atoms with E-state index >= 15 is 0 Å². The lowest BCUT2D eigenvalue weighted by Gasteiger charge is -2.21. The van der Waals surface area contributed by atoms with Gasteiger partial charge in [-0.05, 0) is 24.3 Å². The highest BCUT2D eigenvalue weighted by atomic mass is 19.1. The summed E-state index contributed by atoms with van der Waals surface area (Å²) in [4.78, 5) is 0. The Morgan fingerprint density at radius 3 is 2.36 bits per heavy atom. The summed E-state index contributed by atoms with van der Waals surface area (Å²) < 4.78 is 17.9. The second-order valence-electron chi connectivity index (χ2n) is 4.06. The Bertz CT molecular complexity index is 280. The van der Waals surface area contributed by atoms with Gasteiger partial charge < -0.3 is 9.84 Å². The van der Waals surface area contributed by atoms with Crippen LogP contribution < -0.4 is 4.74 Å². The molecule has 1 N–H and O–H groups in total. The number of halogens is 1. The summed E-state index contributed by atoms with van der Waals surface area (Å²) in [6.45, 7) is 4.27. The van der Waals surface area contributed by atoms with Crippen LogP contribution in [0.3, 0.4) is 0 Å². The SMILES string of the molecule is CC(C)(CO)COc1ccc(F)cc1. The molecule has 1 aromatic rings. The number of ether oxygens (including phenoxy) is 1. The van der Waals surface area contributed by atoms with E-state index in [1.165, 1.54) is 12.1 Å². The van der Waals surface area contributed by atoms with Gasteiger partial charge in [-0.25, -0.2) is 4.39 Å². The van der Waals surface area contributed by atoms with Gasteiger partial charge in [0.25, 0.3) is 0 Å². The lowest BCUT2D eigenvalue weighted by molar-refractivity contribution is 0.0975. The molecule has 14 heavy (non-hydrogen) atoms. The van der Waals surface area contributed by atoms with E-state index in [-0.39, 0.29) is 17.8 Å². The predicted molar refractivity (Wildman–Crippen MR) is 52.8 cm³/mol. The fraction of sp³-hybridized carbons (Fsp3) is 0.455. The third-order valence-corrected chi connectivity index (χ3v) is 1.87. The molecule has 0 unspecified atom stereocenters. The molecule has 0 aromatic heterocycles. The minimum Gasteiger partial charge on any atom is -0.493 e. The topological polar surface area (TPSA) is 29.5 Å². The highest BCUT2D eigenvalue weighted by Gasteiger charge is 2.17. The van der Waals surface area contributed by atoms with Crippen molar-refractivity contribution < 1.29 is 14.2 Å². The fourth-order valence-corrected chi connectivity index (χ4v) is 0.855. The number of aliphatic hydroxyl groups excluding tert-OH is 1. The number of benzene rings is 1. The summed E-state index contributed by atoms with van der Waals surface area (Å²) in [5, 5.41) is 8.98. The average molecular weight is 198 g/mol. The summed E-state index contributed by atoms with van der Waals surface area (Å²) in [5.41, 5.74) is -0.269. The zero-order valence-electron chi connectivity index (χ0n) is 8.46. The summed E-state index contributed by atoms with van der Waals surface area (Å²) in [6.07, 6.45) is 0. The first-order chi connectivity index (χ1) is 6.53. The molecule has 0 radical (unpaired) electrons. The van der Waals surface area contributed by atoms with Crippen molar-refractivity contribution in [3.8, 4) is 5.75 Å². The first kappa shape index (κ1) is 11.0. The van der Waals surface area contributed by atoms with Gasteiger partial charge in [0.2, 0.25) is 0 Å². The summed E-state index contributed by atoms with van der Waals surface area (Å²) in [7, 11) is 0. The van der Waals surface area contributed by atoms with Crippen LogP contribution in [0.1, 0.15) is 13.8 Å². The van der Waals surface area contributed by atoms with Crippen molar-refractivity contribution >= 4 is 0 Å². The van der Waals surface area contributed by atoms with Gasteiger partial charge >= 0.3 is 0 Å². The molecule has 0 aliphatic heterocycles. The minimum atomic E-state index is -0.279. The molecule has 0 amide bonds. The molecule has 0 atom stereocenters. The molecular formula is C11H15FO2. The molecule has 0 saturated heterocycles. The van der Waals surface area contributed by atoms with E-state index in [0.717, 1.165) is 0 Å². The van der Waals surface area contributed by atoms with Gasteiger partial charge in [-0.1, -0.05) is 13.8 Å². The molecule has 0 saturated carbocycles. The Labute approximate surface area is 83.3 Å². The van der Waals surface area contributed by atoms with Crippen LogP contribution >= 0.6 is 0 Å². The van der Waals surface area contributed by atoms with Crippen LogP contribution in [0.5, 0.6) is 5.75 Å². The normalized spacial score (nSPS) is 11.4. The third-order valence-electron chi connectivity index (χ3n) is 1.87. The number of aliphatic hydroxyl groups is 1. The molecule has 0 heterocycles. The standard InChI is InChI=1S/C11H15FO2/c1-11(2,7-13)8-14-10-5-3-9(12)4-6-10/h3-6,13H,7-8H2,1-2H3. The largest absolute Gasteiger partial charge is 0.493 e. The van der Waals surface area contributed by atoms with Gasteiger partial charge in [0.15, 0.2) is 0 Å². The molecule has 78 valence electrons. The third kappa shape index (κ3) is 3.34. The highest BCUT2D eigenvalue weighted by Crippen LogP contribution is 2.17. The molecule has 0 bridgehead atoms. The molecule has 1 aromatic carbocycles. The summed E-state index contributed by atoms with van der Waals surface area (Å²) in [6, 6.07) is 5.84. The lowest BCUT2D eigenvalue weighted by atomic mass is 9.97. The Morgan fingerprint density at radius 2 is 1.86 bits per heavy atom. The highest BCUT2D eigenvalue weighted by molar-refractivity contribution is 5.22. The van der Waals surface area contributed by atoms with Crippen molar-refractivity contribution in [3.63, 3.8) is 0 Å². The Morgan fingerprint density at radius 1 is 1.29 bits per heavy atom. The molecule has 0 fully saturated rings. The zero-order valence-corrected chi connectivity index (χ0v) is 8.46.